The Labute approximate surface area is 219 Å². The van der Waals surface area contributed by atoms with Crippen LogP contribution in [0.15, 0.2) is 34.4 Å². The van der Waals surface area contributed by atoms with Crippen LogP contribution < -0.4 is 25.2 Å². The third-order valence-electron chi connectivity index (χ3n) is 7.50. The number of rotatable bonds is 8. The first-order valence-corrected chi connectivity index (χ1v) is 14.3. The van der Waals surface area contributed by atoms with Gasteiger partial charge in [-0.2, -0.15) is 8.42 Å². The number of H-pyrrole nitrogens is 1. The van der Waals surface area contributed by atoms with Crippen molar-refractivity contribution in [2.24, 2.45) is 4.99 Å². The minimum absolute atomic E-state index is 0.146. The lowest BCUT2D eigenvalue weighted by Crippen LogP contribution is -2.38. The maximum atomic E-state index is 12.4. The lowest BCUT2D eigenvalue weighted by atomic mass is 9.92. The minimum atomic E-state index is -4.50. The van der Waals surface area contributed by atoms with Gasteiger partial charge >= 0.3 is 5.97 Å². The second kappa shape index (κ2) is 9.25. The van der Waals surface area contributed by atoms with E-state index in [1.165, 1.54) is 6.07 Å². The molecule has 198 valence electrons. The minimum Gasteiger partial charge on any atom is -0.481 e. The molecule has 0 aliphatic carbocycles. The normalized spacial score (nSPS) is 15.2. The van der Waals surface area contributed by atoms with Gasteiger partial charge in [-0.05, 0) is 56.7 Å². The van der Waals surface area contributed by atoms with Gasteiger partial charge in [0.2, 0.25) is 0 Å². The molecule has 3 aromatic rings. The van der Waals surface area contributed by atoms with Crippen molar-refractivity contribution in [3.05, 3.63) is 63.2 Å². The number of aromatic nitrogens is 2. The fraction of sp³-hybridized carbons (Fsp3) is 0.370. The van der Waals surface area contributed by atoms with Crippen molar-refractivity contribution in [1.82, 2.24) is 4.98 Å². The highest BCUT2D eigenvalue weighted by Crippen LogP contribution is 2.46. The molecule has 4 heterocycles. The largest absolute Gasteiger partial charge is 0.481 e. The number of aryl methyl sites for hydroxylation is 2. The number of nitrogens with zero attached hydrogens (tertiary/aromatic N) is 2. The Kier molecular flexibility index (Phi) is 5.99. The Morgan fingerprint density at radius 1 is 1.16 bits per heavy atom. The Bertz CT molecular complexity index is 1720. The molecule has 6 rings (SSSR count). The average molecular weight is 538 g/mol. The molecule has 3 aliphatic heterocycles. The highest BCUT2D eigenvalue weighted by atomic mass is 32.2. The summed E-state index contributed by atoms with van der Waals surface area (Å²) in [5.41, 5.74) is 4.59. The van der Waals surface area contributed by atoms with E-state index in [2.05, 4.69) is 19.9 Å². The summed E-state index contributed by atoms with van der Waals surface area (Å²) in [6.07, 6.45) is 7.42. The van der Waals surface area contributed by atoms with Crippen LogP contribution in [-0.2, 0) is 34.3 Å². The van der Waals surface area contributed by atoms with Crippen LogP contribution in [0.1, 0.15) is 53.8 Å². The quantitative estimate of drug-likeness (QED) is 0.153. The van der Waals surface area contributed by atoms with E-state index in [0.717, 1.165) is 63.7 Å². The number of carboxylic acid groups (broad SMARTS) is 1. The van der Waals surface area contributed by atoms with Crippen molar-refractivity contribution < 1.29 is 32.2 Å². The number of carboxylic acids is 1. The van der Waals surface area contributed by atoms with Crippen LogP contribution in [0.2, 0.25) is 0 Å². The summed E-state index contributed by atoms with van der Waals surface area (Å²) in [6, 6.07) is 3.54. The maximum absolute atomic E-state index is 12.4. The number of unbranched alkanes of at least 4 members (excludes halogenated alkanes) is 2. The van der Waals surface area contributed by atoms with E-state index < -0.39 is 16.1 Å². The number of ether oxygens (including phenoxy) is 1. The number of hydrogen-bond donors (Lipinski definition) is 4. The van der Waals surface area contributed by atoms with Crippen LogP contribution in [0, 0.1) is 6.92 Å². The molecule has 38 heavy (non-hydrogen) atoms. The second-order valence-corrected chi connectivity index (χ2v) is 11.4. The van der Waals surface area contributed by atoms with E-state index >= 15 is 0 Å². The first-order valence-electron chi connectivity index (χ1n) is 12.8. The number of fused-ring (bicyclic) bond motifs is 6. The van der Waals surface area contributed by atoms with Crippen molar-refractivity contribution >= 4 is 27.3 Å². The van der Waals surface area contributed by atoms with Crippen LogP contribution in [-0.4, -0.2) is 42.1 Å². The summed E-state index contributed by atoms with van der Waals surface area (Å²) in [5, 5.41) is 13.9. The Hall–Kier alpha value is -3.70. The fourth-order valence-corrected chi connectivity index (χ4v) is 6.56. The SMILES string of the molecule is Cc1cc2c(c3c1=NCC3)Oc1c(cc(S(=O)(=O)O)c3c1CCN3)C=2c1[nH]cc[n+]1CCCCCC(=O)O. The molecule has 11 heteroatoms. The van der Waals surface area contributed by atoms with Gasteiger partial charge in [-0.25, -0.2) is 9.55 Å². The topological polar surface area (TPSA) is 145 Å². The van der Waals surface area contributed by atoms with Gasteiger partial charge < -0.3 is 15.2 Å². The summed E-state index contributed by atoms with van der Waals surface area (Å²) in [5.74, 6) is 1.33. The van der Waals surface area contributed by atoms with Gasteiger partial charge in [-0.3, -0.25) is 14.3 Å². The molecule has 0 spiro atoms. The van der Waals surface area contributed by atoms with Gasteiger partial charge in [-0.15, -0.1) is 0 Å². The van der Waals surface area contributed by atoms with Crippen LogP contribution >= 0.6 is 0 Å². The van der Waals surface area contributed by atoms with Crippen LogP contribution in [0.3, 0.4) is 0 Å². The summed E-state index contributed by atoms with van der Waals surface area (Å²) >= 11 is 0. The highest BCUT2D eigenvalue weighted by molar-refractivity contribution is 7.86. The number of aliphatic carboxylic acids is 1. The van der Waals surface area contributed by atoms with Crippen molar-refractivity contribution in [2.45, 2.75) is 56.9 Å². The lowest BCUT2D eigenvalue weighted by molar-refractivity contribution is -0.698. The summed E-state index contributed by atoms with van der Waals surface area (Å²) in [7, 11) is -4.50. The van der Waals surface area contributed by atoms with Gasteiger partial charge in [0.25, 0.3) is 15.9 Å². The van der Waals surface area contributed by atoms with Crippen molar-refractivity contribution in [2.75, 3.05) is 18.4 Å². The number of anilines is 1. The van der Waals surface area contributed by atoms with E-state index in [1.807, 2.05) is 25.4 Å². The molecule has 1 aromatic heterocycles. The lowest BCUT2D eigenvalue weighted by Gasteiger charge is -2.24. The number of imidazole rings is 1. The molecule has 4 N–H and O–H groups in total. The third-order valence-corrected chi connectivity index (χ3v) is 8.38. The molecule has 0 saturated heterocycles. The molecule has 0 radical (unpaired) electrons. The molecule has 0 saturated carbocycles. The van der Waals surface area contributed by atoms with Gasteiger partial charge in [-0.1, -0.05) is 0 Å². The first-order chi connectivity index (χ1) is 18.2. The number of aromatic amines is 1. The van der Waals surface area contributed by atoms with Gasteiger partial charge in [0, 0.05) is 41.4 Å². The Balaban J connectivity index is 1.57. The van der Waals surface area contributed by atoms with Crippen LogP contribution in [0.4, 0.5) is 5.69 Å². The van der Waals surface area contributed by atoms with Crippen molar-refractivity contribution in [3.63, 3.8) is 0 Å². The monoisotopic (exact) mass is 537 g/mol. The van der Waals surface area contributed by atoms with Gasteiger partial charge in [0.1, 0.15) is 28.8 Å². The second-order valence-electron chi connectivity index (χ2n) is 9.97. The van der Waals surface area contributed by atoms with E-state index in [1.54, 1.807) is 0 Å². The van der Waals surface area contributed by atoms with E-state index in [0.29, 0.717) is 49.5 Å². The first kappa shape index (κ1) is 24.6. The molecule has 10 nitrogen and oxygen atoms in total. The average Bonchev–Trinajstić information content (AvgIpc) is 3.62. The van der Waals surface area contributed by atoms with E-state index in [9.17, 15) is 17.8 Å². The van der Waals surface area contributed by atoms with E-state index in [-0.39, 0.29) is 11.3 Å². The predicted molar refractivity (Wildman–Crippen MR) is 138 cm³/mol. The fourth-order valence-electron chi connectivity index (χ4n) is 5.84. The number of nitrogens with one attached hydrogen (secondary N) is 2. The number of benzene rings is 2. The predicted octanol–water partition coefficient (Wildman–Crippen LogP) is 2.00. The Morgan fingerprint density at radius 3 is 2.79 bits per heavy atom. The molecule has 3 aliphatic rings. The zero-order chi connectivity index (χ0) is 26.6. The van der Waals surface area contributed by atoms with E-state index in [4.69, 9.17) is 9.84 Å². The molecule has 0 unspecified atom stereocenters. The Morgan fingerprint density at radius 2 is 2.00 bits per heavy atom. The summed E-state index contributed by atoms with van der Waals surface area (Å²) < 4.78 is 43.7. The summed E-state index contributed by atoms with van der Waals surface area (Å²) in [4.78, 5) is 18.8. The van der Waals surface area contributed by atoms with Crippen molar-refractivity contribution in [1.29, 1.82) is 0 Å². The molecule has 0 fully saturated rings. The summed E-state index contributed by atoms with van der Waals surface area (Å²) in [6.45, 7) is 3.91. The standard InChI is InChI=1S/C27H28N4O6S/c1-15-13-18-22(27-30-10-12-31(27)11-4-2-3-5-21(32)33)19-14-20(38(34,35)36)24-17(7-9-29-24)26(19)37-25(18)16-6-8-28-23(15)16/h10,12-14H,2-9,11H2,1H3,(H3,28,29,32,33,34,35,36)/p+1. The van der Waals surface area contributed by atoms with Gasteiger partial charge in [0.05, 0.1) is 23.2 Å². The zero-order valence-corrected chi connectivity index (χ0v) is 21.8. The molecule has 0 atom stereocenters. The maximum Gasteiger partial charge on any atom is 0.303 e. The smallest absolute Gasteiger partial charge is 0.303 e. The molecule has 2 aromatic carbocycles. The molecule has 0 bridgehead atoms. The number of hydrogen-bond acceptors (Lipinski definition) is 6. The van der Waals surface area contributed by atoms with Crippen LogP contribution in [0.25, 0.3) is 5.57 Å². The number of carbonyl (C=O) groups is 1. The van der Waals surface area contributed by atoms with Crippen molar-refractivity contribution in [3.8, 4) is 11.5 Å². The highest BCUT2D eigenvalue weighted by Gasteiger charge is 2.36. The molecule has 0 amide bonds. The zero-order valence-electron chi connectivity index (χ0n) is 21.0. The molecular formula is C27H29N4O6S+. The van der Waals surface area contributed by atoms with Gasteiger partial charge in [0.15, 0.2) is 0 Å². The molecular weight excluding hydrogens is 508 g/mol. The van der Waals surface area contributed by atoms with Crippen LogP contribution in [0.5, 0.6) is 11.5 Å². The third kappa shape index (κ3) is 4.06.